The van der Waals surface area contributed by atoms with Gasteiger partial charge in [-0.1, -0.05) is 76.9 Å². The van der Waals surface area contributed by atoms with Crippen molar-refractivity contribution in [3.8, 4) is 0 Å². The molecule has 0 bridgehead atoms. The highest BCUT2D eigenvalue weighted by Gasteiger charge is 2.35. The summed E-state index contributed by atoms with van der Waals surface area (Å²) in [5.74, 6) is -0.616. The molecule has 0 aliphatic carbocycles. The van der Waals surface area contributed by atoms with Crippen molar-refractivity contribution in [2.45, 2.75) is 59.6 Å². The molecular formula is C25H35N3O3. The van der Waals surface area contributed by atoms with E-state index in [1.165, 1.54) is 0 Å². The largest absolute Gasteiger partial charge is 0.345 e. The van der Waals surface area contributed by atoms with E-state index in [-0.39, 0.29) is 17.6 Å². The standard InChI is InChI=1S/C25H35N3O3/c1-5-6-14-20(17-27-31-18-19-12-8-7-9-13-19)24(30)28-23(25(2,3)4)22(29)21-15-10-11-16-26-21/h7-13,15-16,20,23,27H,5-6,14,17-18H2,1-4H3,(H,28,30). The number of Topliss-reactive ketones (excluding diaryl/α,β-unsaturated/α-hetero) is 1. The normalized spacial score (nSPS) is 13.4. The second-order valence-electron chi connectivity index (χ2n) is 8.85. The van der Waals surface area contributed by atoms with Crippen LogP contribution in [-0.2, 0) is 16.2 Å². The number of ketones is 1. The van der Waals surface area contributed by atoms with Crippen molar-refractivity contribution in [3.63, 3.8) is 0 Å². The molecular weight excluding hydrogens is 390 g/mol. The minimum absolute atomic E-state index is 0.145. The van der Waals surface area contributed by atoms with Gasteiger partial charge in [0.15, 0.2) is 0 Å². The number of hydrogen-bond acceptors (Lipinski definition) is 5. The lowest BCUT2D eigenvalue weighted by atomic mass is 9.82. The van der Waals surface area contributed by atoms with Gasteiger partial charge in [0, 0.05) is 12.7 Å². The van der Waals surface area contributed by atoms with Gasteiger partial charge >= 0.3 is 0 Å². The number of hydroxylamine groups is 1. The molecule has 6 nitrogen and oxygen atoms in total. The molecule has 0 aliphatic rings. The van der Waals surface area contributed by atoms with E-state index >= 15 is 0 Å². The van der Waals surface area contributed by atoms with E-state index < -0.39 is 11.5 Å². The quantitative estimate of drug-likeness (QED) is 0.301. The third kappa shape index (κ3) is 8.23. The monoisotopic (exact) mass is 425 g/mol. The topological polar surface area (TPSA) is 80.3 Å². The molecule has 0 aliphatic heterocycles. The molecule has 1 amide bonds. The van der Waals surface area contributed by atoms with Gasteiger partial charge in [0.1, 0.15) is 5.69 Å². The first-order valence-electron chi connectivity index (χ1n) is 11.0. The van der Waals surface area contributed by atoms with Gasteiger partial charge in [-0.15, -0.1) is 0 Å². The number of carbonyl (C=O) groups is 2. The molecule has 0 radical (unpaired) electrons. The van der Waals surface area contributed by atoms with Crippen LogP contribution in [0.5, 0.6) is 0 Å². The average molecular weight is 426 g/mol. The lowest BCUT2D eigenvalue weighted by Gasteiger charge is -2.31. The van der Waals surface area contributed by atoms with Gasteiger partial charge in [-0.25, -0.2) is 5.48 Å². The van der Waals surface area contributed by atoms with Crippen LogP contribution in [-0.4, -0.2) is 29.3 Å². The van der Waals surface area contributed by atoms with Crippen LogP contribution in [0.1, 0.15) is 63.0 Å². The van der Waals surface area contributed by atoms with Crippen LogP contribution in [0.15, 0.2) is 54.7 Å². The highest BCUT2D eigenvalue weighted by atomic mass is 16.6. The summed E-state index contributed by atoms with van der Waals surface area (Å²) in [5, 5.41) is 3.00. The van der Waals surface area contributed by atoms with E-state index in [1.807, 2.05) is 51.1 Å². The molecule has 2 unspecified atom stereocenters. The molecule has 1 aromatic carbocycles. The van der Waals surface area contributed by atoms with Gasteiger partial charge < -0.3 is 5.32 Å². The van der Waals surface area contributed by atoms with Crippen molar-refractivity contribution < 1.29 is 14.4 Å². The molecule has 1 heterocycles. The fourth-order valence-corrected chi connectivity index (χ4v) is 3.24. The minimum Gasteiger partial charge on any atom is -0.345 e. The summed E-state index contributed by atoms with van der Waals surface area (Å²) < 4.78 is 0. The lowest BCUT2D eigenvalue weighted by molar-refractivity contribution is -0.127. The SMILES string of the molecule is CCCCC(CNOCc1ccccc1)C(=O)NC(C(=O)c1ccccn1)C(C)(C)C. The summed E-state index contributed by atoms with van der Waals surface area (Å²) in [6.45, 7) is 8.74. The molecule has 0 fully saturated rings. The number of benzene rings is 1. The summed E-state index contributed by atoms with van der Waals surface area (Å²) in [5.41, 5.74) is 3.90. The van der Waals surface area contributed by atoms with E-state index in [0.717, 1.165) is 24.8 Å². The number of unbranched alkanes of at least 4 members (excludes halogenated alkanes) is 1. The maximum Gasteiger partial charge on any atom is 0.225 e. The molecule has 2 N–H and O–H groups in total. The molecule has 2 rings (SSSR count). The number of hydrogen-bond donors (Lipinski definition) is 2. The molecule has 168 valence electrons. The Kier molecular flexibility index (Phi) is 9.82. The van der Waals surface area contributed by atoms with Crippen molar-refractivity contribution in [1.29, 1.82) is 0 Å². The Labute approximate surface area is 185 Å². The zero-order valence-electron chi connectivity index (χ0n) is 19.1. The van der Waals surface area contributed by atoms with Gasteiger partial charge in [-0.2, -0.15) is 0 Å². The van der Waals surface area contributed by atoms with Crippen LogP contribution in [0.3, 0.4) is 0 Å². The fourth-order valence-electron chi connectivity index (χ4n) is 3.24. The Morgan fingerprint density at radius 1 is 1.06 bits per heavy atom. The van der Waals surface area contributed by atoms with Gasteiger partial charge in [-0.3, -0.25) is 19.4 Å². The van der Waals surface area contributed by atoms with Crippen molar-refractivity contribution in [2.75, 3.05) is 6.54 Å². The fraction of sp³-hybridized carbons (Fsp3) is 0.480. The average Bonchev–Trinajstić information content (AvgIpc) is 2.77. The van der Waals surface area contributed by atoms with Gasteiger partial charge in [0.25, 0.3) is 0 Å². The first-order valence-corrected chi connectivity index (χ1v) is 11.0. The third-order valence-corrected chi connectivity index (χ3v) is 5.12. The van der Waals surface area contributed by atoms with E-state index in [0.29, 0.717) is 18.8 Å². The second-order valence-corrected chi connectivity index (χ2v) is 8.85. The maximum absolute atomic E-state index is 13.1. The van der Waals surface area contributed by atoms with Crippen LogP contribution in [0.25, 0.3) is 0 Å². The number of pyridine rings is 1. The third-order valence-electron chi connectivity index (χ3n) is 5.12. The molecule has 6 heteroatoms. The maximum atomic E-state index is 13.1. The Morgan fingerprint density at radius 3 is 2.39 bits per heavy atom. The van der Waals surface area contributed by atoms with Gasteiger partial charge in [0.05, 0.1) is 18.6 Å². The molecule has 2 aromatic rings. The number of carbonyl (C=O) groups excluding carboxylic acids is 2. The zero-order chi connectivity index (χ0) is 22.7. The molecule has 2 atom stereocenters. The van der Waals surface area contributed by atoms with Crippen LogP contribution in [0.2, 0.25) is 0 Å². The van der Waals surface area contributed by atoms with E-state index in [2.05, 4.69) is 22.7 Å². The highest BCUT2D eigenvalue weighted by molar-refractivity contribution is 6.01. The molecule has 1 aromatic heterocycles. The summed E-state index contributed by atoms with van der Waals surface area (Å²) in [4.78, 5) is 35.9. The minimum atomic E-state index is -0.663. The lowest BCUT2D eigenvalue weighted by Crippen LogP contribution is -2.52. The van der Waals surface area contributed by atoms with E-state index in [9.17, 15) is 9.59 Å². The molecule has 31 heavy (non-hydrogen) atoms. The number of nitrogens with zero attached hydrogens (tertiary/aromatic N) is 1. The van der Waals surface area contributed by atoms with E-state index in [4.69, 9.17) is 4.84 Å². The number of amides is 1. The molecule has 0 saturated carbocycles. The van der Waals surface area contributed by atoms with Crippen LogP contribution in [0.4, 0.5) is 0 Å². The Hall–Kier alpha value is -2.57. The molecule has 0 saturated heterocycles. The van der Waals surface area contributed by atoms with Crippen LogP contribution < -0.4 is 10.8 Å². The Bertz CT molecular complexity index is 804. The summed E-state index contributed by atoms with van der Waals surface area (Å²) >= 11 is 0. The van der Waals surface area contributed by atoms with Crippen LogP contribution >= 0.6 is 0 Å². The van der Waals surface area contributed by atoms with Crippen molar-refractivity contribution in [3.05, 3.63) is 66.0 Å². The molecule has 0 spiro atoms. The first-order chi connectivity index (χ1) is 14.8. The smallest absolute Gasteiger partial charge is 0.225 e. The van der Waals surface area contributed by atoms with Gasteiger partial charge in [-0.05, 0) is 29.5 Å². The number of nitrogens with one attached hydrogen (secondary N) is 2. The second kappa shape index (κ2) is 12.3. The van der Waals surface area contributed by atoms with Crippen molar-refractivity contribution in [1.82, 2.24) is 15.8 Å². The van der Waals surface area contributed by atoms with Crippen LogP contribution in [0, 0.1) is 11.3 Å². The summed E-state index contributed by atoms with van der Waals surface area (Å²) in [7, 11) is 0. The zero-order valence-corrected chi connectivity index (χ0v) is 19.1. The predicted octanol–water partition coefficient (Wildman–Crippen LogP) is 4.32. The Morgan fingerprint density at radius 2 is 1.77 bits per heavy atom. The summed E-state index contributed by atoms with van der Waals surface area (Å²) in [6.07, 6.45) is 4.22. The first kappa shape index (κ1) is 24.7. The highest BCUT2D eigenvalue weighted by Crippen LogP contribution is 2.23. The predicted molar refractivity (Wildman–Crippen MR) is 122 cm³/mol. The number of aromatic nitrogens is 1. The van der Waals surface area contributed by atoms with Crippen molar-refractivity contribution in [2.24, 2.45) is 11.3 Å². The summed E-state index contributed by atoms with van der Waals surface area (Å²) in [6, 6.07) is 14.4. The van der Waals surface area contributed by atoms with E-state index in [1.54, 1.807) is 24.4 Å². The number of rotatable bonds is 12. The van der Waals surface area contributed by atoms with Crippen molar-refractivity contribution >= 4 is 11.7 Å². The Balaban J connectivity index is 2.01. The van der Waals surface area contributed by atoms with Gasteiger partial charge in [0.2, 0.25) is 11.7 Å².